The number of quaternary nitrogens is 1. The first-order valence-corrected chi connectivity index (χ1v) is 5.21. The van der Waals surface area contributed by atoms with Gasteiger partial charge in [-0.2, -0.15) is 0 Å². The predicted molar refractivity (Wildman–Crippen MR) is 53.8 cm³/mol. The molecule has 1 rings (SSSR count). The molecule has 1 aliphatic rings. The fraction of sp³-hybridized carbons (Fsp3) is 0.889. The van der Waals surface area contributed by atoms with Crippen LogP contribution in [0.3, 0.4) is 0 Å². The van der Waals surface area contributed by atoms with E-state index in [-0.39, 0.29) is 24.0 Å². The highest BCUT2D eigenvalue weighted by Crippen LogP contribution is 2.23. The van der Waals surface area contributed by atoms with Gasteiger partial charge in [-0.25, -0.2) is 0 Å². The topological polar surface area (TPSA) is 109 Å². The van der Waals surface area contributed by atoms with Crippen molar-refractivity contribution in [3.05, 3.63) is 0 Å². The van der Waals surface area contributed by atoms with Gasteiger partial charge in [-0.1, -0.05) is 0 Å². The average molecular weight is 201 g/mol. The molecule has 0 heterocycles. The summed E-state index contributed by atoms with van der Waals surface area (Å²) in [5.74, 6) is 0.240. The summed E-state index contributed by atoms with van der Waals surface area (Å²) in [5.41, 5.74) is 14.9. The van der Waals surface area contributed by atoms with Gasteiger partial charge in [0.1, 0.15) is 6.17 Å². The third-order valence-electron chi connectivity index (χ3n) is 2.66. The molecule has 0 aromatic carbocycles. The van der Waals surface area contributed by atoms with Gasteiger partial charge in [-0.3, -0.25) is 10.5 Å². The van der Waals surface area contributed by atoms with Crippen LogP contribution in [-0.2, 0) is 4.79 Å². The van der Waals surface area contributed by atoms with Crippen molar-refractivity contribution in [3.8, 4) is 0 Å². The molecule has 0 aliphatic heterocycles. The quantitative estimate of drug-likeness (QED) is 0.401. The summed E-state index contributed by atoms with van der Waals surface area (Å²) in [6, 6.07) is 0.209. The zero-order valence-corrected chi connectivity index (χ0v) is 8.54. The molecule has 3 unspecified atom stereocenters. The molecule has 0 spiro atoms. The zero-order valence-electron chi connectivity index (χ0n) is 8.54. The number of hydrogen-bond donors (Lipinski definition) is 4. The van der Waals surface area contributed by atoms with Crippen LogP contribution in [0.2, 0.25) is 0 Å². The van der Waals surface area contributed by atoms with Crippen molar-refractivity contribution in [1.82, 2.24) is 5.32 Å². The van der Waals surface area contributed by atoms with Crippen molar-refractivity contribution in [1.29, 1.82) is 0 Å². The standard InChI is InChI=1S/C9H20N4O/c10-7-2-1-6(5-7)9(14)13-4-3-8(11)12/h6-8H,1-5,10-12H2,(H,13,14)/p+1. The normalized spacial score (nSPS) is 28.8. The van der Waals surface area contributed by atoms with Crippen molar-refractivity contribution < 1.29 is 10.5 Å². The van der Waals surface area contributed by atoms with Gasteiger partial charge in [-0.05, 0) is 19.3 Å². The van der Waals surface area contributed by atoms with Crippen LogP contribution < -0.4 is 22.5 Å². The third kappa shape index (κ3) is 3.61. The van der Waals surface area contributed by atoms with E-state index in [1.807, 2.05) is 0 Å². The molecule has 0 radical (unpaired) electrons. The Kier molecular flexibility index (Phi) is 4.31. The van der Waals surface area contributed by atoms with Crippen molar-refractivity contribution in [3.63, 3.8) is 0 Å². The average Bonchev–Trinajstić information content (AvgIpc) is 2.51. The maximum atomic E-state index is 11.5. The fourth-order valence-corrected chi connectivity index (χ4v) is 1.78. The molecule has 1 amide bonds. The third-order valence-corrected chi connectivity index (χ3v) is 2.66. The highest BCUT2D eigenvalue weighted by Gasteiger charge is 2.27. The second kappa shape index (κ2) is 5.29. The van der Waals surface area contributed by atoms with Crippen LogP contribution in [0.1, 0.15) is 25.7 Å². The number of amides is 1. The second-order valence-corrected chi connectivity index (χ2v) is 4.11. The summed E-state index contributed by atoms with van der Waals surface area (Å²) >= 11 is 0. The second-order valence-electron chi connectivity index (χ2n) is 4.11. The van der Waals surface area contributed by atoms with E-state index in [2.05, 4.69) is 11.1 Å². The Labute approximate surface area is 84.4 Å². The molecule has 1 saturated carbocycles. The Morgan fingerprint density at radius 1 is 1.57 bits per heavy atom. The van der Waals surface area contributed by atoms with E-state index in [9.17, 15) is 4.79 Å². The van der Waals surface area contributed by atoms with Crippen molar-refractivity contribution >= 4 is 5.91 Å². The van der Waals surface area contributed by atoms with Gasteiger partial charge in [0.15, 0.2) is 0 Å². The summed E-state index contributed by atoms with van der Waals surface area (Å²) in [5, 5.41) is 2.86. The van der Waals surface area contributed by atoms with Gasteiger partial charge in [0, 0.05) is 24.9 Å². The monoisotopic (exact) mass is 201 g/mol. The van der Waals surface area contributed by atoms with E-state index in [1.54, 1.807) is 0 Å². The Hall–Kier alpha value is -0.650. The molecule has 14 heavy (non-hydrogen) atoms. The smallest absolute Gasteiger partial charge is 0.223 e. The van der Waals surface area contributed by atoms with Gasteiger partial charge in [0.25, 0.3) is 0 Å². The molecule has 0 aromatic heterocycles. The first kappa shape index (κ1) is 11.4. The van der Waals surface area contributed by atoms with Crippen molar-refractivity contribution in [2.75, 3.05) is 6.54 Å². The fourth-order valence-electron chi connectivity index (χ4n) is 1.78. The van der Waals surface area contributed by atoms with Gasteiger partial charge in [0.2, 0.25) is 5.91 Å². The molecule has 8 N–H and O–H groups in total. The van der Waals surface area contributed by atoms with Crippen LogP contribution in [0.25, 0.3) is 0 Å². The number of nitrogens with one attached hydrogen (secondary N) is 1. The Morgan fingerprint density at radius 3 is 2.79 bits per heavy atom. The lowest BCUT2D eigenvalue weighted by molar-refractivity contribution is -0.419. The maximum Gasteiger partial charge on any atom is 0.223 e. The Balaban J connectivity index is 2.15. The molecule has 5 heteroatoms. The van der Waals surface area contributed by atoms with E-state index in [4.69, 9.17) is 11.5 Å². The summed E-state index contributed by atoms with van der Waals surface area (Å²) in [6.45, 7) is 0.620. The summed E-state index contributed by atoms with van der Waals surface area (Å²) in [7, 11) is 0. The van der Waals surface area contributed by atoms with E-state index in [0.29, 0.717) is 6.54 Å². The number of carbonyl (C=O) groups is 1. The van der Waals surface area contributed by atoms with Crippen molar-refractivity contribution in [2.24, 2.45) is 17.4 Å². The lowest BCUT2D eigenvalue weighted by Gasteiger charge is -2.10. The summed E-state index contributed by atoms with van der Waals surface area (Å²) < 4.78 is 0. The van der Waals surface area contributed by atoms with Crippen LogP contribution in [0.5, 0.6) is 0 Å². The predicted octanol–water partition coefficient (Wildman–Crippen LogP) is -1.85. The molecule has 0 aromatic rings. The molecule has 0 saturated heterocycles. The number of nitrogens with two attached hydrogens (primary N) is 2. The van der Waals surface area contributed by atoms with E-state index >= 15 is 0 Å². The lowest BCUT2D eigenvalue weighted by atomic mass is 10.1. The summed E-state index contributed by atoms with van der Waals surface area (Å²) in [6.07, 6.45) is 3.34. The number of hydrogen-bond acceptors (Lipinski definition) is 3. The van der Waals surface area contributed by atoms with Crippen LogP contribution >= 0.6 is 0 Å². The largest absolute Gasteiger partial charge is 0.356 e. The molecule has 1 aliphatic carbocycles. The first-order chi connectivity index (χ1) is 6.59. The zero-order chi connectivity index (χ0) is 10.6. The highest BCUT2D eigenvalue weighted by molar-refractivity contribution is 5.78. The van der Waals surface area contributed by atoms with Crippen molar-refractivity contribution in [2.45, 2.75) is 37.9 Å². The molecular formula is C9H21N4O+. The van der Waals surface area contributed by atoms with Gasteiger partial charge >= 0.3 is 0 Å². The Bertz CT molecular complexity index is 195. The highest BCUT2D eigenvalue weighted by atomic mass is 16.1. The van der Waals surface area contributed by atoms with Crippen LogP contribution in [0.4, 0.5) is 0 Å². The number of rotatable bonds is 4. The molecule has 0 bridgehead atoms. The van der Waals surface area contributed by atoms with Gasteiger partial charge < -0.3 is 16.8 Å². The minimum atomic E-state index is -0.0962. The first-order valence-electron chi connectivity index (χ1n) is 5.21. The van der Waals surface area contributed by atoms with Crippen LogP contribution in [0.15, 0.2) is 0 Å². The van der Waals surface area contributed by atoms with Crippen LogP contribution in [-0.4, -0.2) is 24.7 Å². The molecule has 5 nitrogen and oxygen atoms in total. The lowest BCUT2D eigenvalue weighted by Crippen LogP contribution is -2.66. The van der Waals surface area contributed by atoms with Crippen LogP contribution in [0, 0.1) is 5.92 Å². The van der Waals surface area contributed by atoms with Gasteiger partial charge in [0.05, 0.1) is 0 Å². The van der Waals surface area contributed by atoms with Gasteiger partial charge in [-0.15, -0.1) is 0 Å². The molecule has 82 valence electrons. The number of carbonyl (C=O) groups excluding carboxylic acids is 1. The Morgan fingerprint density at radius 2 is 2.29 bits per heavy atom. The van der Waals surface area contributed by atoms with E-state index in [1.165, 1.54) is 0 Å². The van der Waals surface area contributed by atoms with E-state index < -0.39 is 0 Å². The minimum absolute atomic E-state index is 0.0962. The molecular weight excluding hydrogens is 180 g/mol. The minimum Gasteiger partial charge on any atom is -0.356 e. The molecule has 1 fully saturated rings. The molecule has 3 atom stereocenters. The SMILES string of the molecule is NC([NH3+])CCNC(=O)C1CCC(N)C1. The maximum absolute atomic E-state index is 11.5. The van der Waals surface area contributed by atoms with E-state index in [0.717, 1.165) is 25.7 Å². The summed E-state index contributed by atoms with van der Waals surface area (Å²) in [4.78, 5) is 11.5.